The summed E-state index contributed by atoms with van der Waals surface area (Å²) in [6, 6.07) is 15.3. The van der Waals surface area contributed by atoms with E-state index < -0.39 is 12.1 Å². The standard InChI is InChI=1S/C33H48N4O4/c1-6-7-8-9-10-11-19-37-25(2)31(38)35(4)30(32(37)39)23-26-15-17-28(18-16-26)29-14-12-13-27(22-29)24-36(20-21-41-5)33(40)34-3/h12-18,22,25,30H,6-11,19-21,23-24H2,1-5H3,(H,34,40)/t25-,30-/m0/s1. The Morgan fingerprint density at radius 2 is 1.66 bits per heavy atom. The van der Waals surface area contributed by atoms with Crippen molar-refractivity contribution in [3.63, 3.8) is 0 Å². The molecule has 1 N–H and O–H groups in total. The summed E-state index contributed by atoms with van der Waals surface area (Å²) in [7, 11) is 5.00. The maximum absolute atomic E-state index is 13.5. The molecule has 2 aromatic rings. The highest BCUT2D eigenvalue weighted by molar-refractivity contribution is 5.96. The van der Waals surface area contributed by atoms with Crippen molar-refractivity contribution >= 4 is 17.8 Å². The number of likely N-dealkylation sites (N-methyl/N-ethyl adjacent to an activating group) is 1. The molecule has 0 radical (unpaired) electrons. The number of hydrogen-bond acceptors (Lipinski definition) is 4. The van der Waals surface area contributed by atoms with E-state index in [0.29, 0.717) is 32.7 Å². The summed E-state index contributed by atoms with van der Waals surface area (Å²) in [5.74, 6) is 0.0457. The van der Waals surface area contributed by atoms with Crippen LogP contribution in [0.5, 0.6) is 0 Å². The second-order valence-electron chi connectivity index (χ2n) is 11.0. The Bertz CT molecular complexity index is 1140. The number of benzene rings is 2. The fourth-order valence-electron chi connectivity index (χ4n) is 5.46. The fourth-order valence-corrected chi connectivity index (χ4v) is 5.46. The minimum Gasteiger partial charge on any atom is -0.383 e. The van der Waals surface area contributed by atoms with Crippen LogP contribution in [0.1, 0.15) is 63.5 Å². The summed E-state index contributed by atoms with van der Waals surface area (Å²) in [5, 5.41) is 2.69. The van der Waals surface area contributed by atoms with Gasteiger partial charge in [-0.05, 0) is 41.7 Å². The van der Waals surface area contributed by atoms with E-state index in [1.54, 1.807) is 35.9 Å². The minimum atomic E-state index is -0.490. The number of methoxy groups -OCH3 is 1. The molecule has 1 saturated heterocycles. The summed E-state index contributed by atoms with van der Waals surface area (Å²) >= 11 is 0. The van der Waals surface area contributed by atoms with E-state index in [-0.39, 0.29) is 17.8 Å². The van der Waals surface area contributed by atoms with Crippen LogP contribution in [0.15, 0.2) is 48.5 Å². The van der Waals surface area contributed by atoms with E-state index in [0.717, 1.165) is 35.1 Å². The van der Waals surface area contributed by atoms with Crippen LogP contribution in [-0.2, 0) is 27.3 Å². The van der Waals surface area contributed by atoms with Gasteiger partial charge in [-0.25, -0.2) is 4.79 Å². The van der Waals surface area contributed by atoms with Gasteiger partial charge in [0.1, 0.15) is 12.1 Å². The third-order valence-electron chi connectivity index (χ3n) is 8.04. The molecule has 1 aliphatic rings. The Kier molecular flexibility index (Phi) is 12.7. The average molecular weight is 565 g/mol. The predicted molar refractivity (Wildman–Crippen MR) is 163 cm³/mol. The maximum Gasteiger partial charge on any atom is 0.317 e. The van der Waals surface area contributed by atoms with Crippen molar-refractivity contribution in [1.82, 2.24) is 20.0 Å². The molecule has 1 fully saturated rings. The lowest BCUT2D eigenvalue weighted by Crippen LogP contribution is -2.63. The Labute approximate surface area is 246 Å². The Morgan fingerprint density at radius 1 is 0.951 bits per heavy atom. The van der Waals surface area contributed by atoms with E-state index in [2.05, 4.69) is 36.5 Å². The highest BCUT2D eigenvalue weighted by atomic mass is 16.5. The Balaban J connectivity index is 1.66. The highest BCUT2D eigenvalue weighted by Crippen LogP contribution is 2.25. The number of nitrogens with zero attached hydrogens (tertiary/aromatic N) is 3. The van der Waals surface area contributed by atoms with E-state index in [1.165, 1.54) is 25.7 Å². The van der Waals surface area contributed by atoms with Crippen LogP contribution in [0.25, 0.3) is 11.1 Å². The van der Waals surface area contributed by atoms with Crippen molar-refractivity contribution in [3.8, 4) is 11.1 Å². The molecule has 0 saturated carbocycles. The molecule has 0 bridgehead atoms. The number of unbranched alkanes of at least 4 members (excludes halogenated alkanes) is 5. The second-order valence-corrected chi connectivity index (χ2v) is 11.0. The molecular formula is C33H48N4O4. The van der Waals surface area contributed by atoms with Crippen LogP contribution in [0.4, 0.5) is 4.79 Å². The molecule has 41 heavy (non-hydrogen) atoms. The molecule has 0 spiro atoms. The molecule has 224 valence electrons. The first-order chi connectivity index (χ1) is 19.8. The molecule has 2 atom stereocenters. The first-order valence-electron chi connectivity index (χ1n) is 15.0. The second kappa shape index (κ2) is 16.2. The molecular weight excluding hydrogens is 516 g/mol. The van der Waals surface area contributed by atoms with Crippen molar-refractivity contribution in [3.05, 3.63) is 59.7 Å². The minimum absolute atomic E-state index is 0.00492. The molecule has 2 aromatic carbocycles. The zero-order chi connectivity index (χ0) is 29.8. The van der Waals surface area contributed by atoms with Crippen molar-refractivity contribution in [2.45, 2.75) is 77.4 Å². The number of carbonyl (C=O) groups is 3. The third kappa shape index (κ3) is 8.80. The number of rotatable bonds is 15. The normalized spacial score (nSPS) is 17.2. The zero-order valence-electron chi connectivity index (χ0n) is 25.5. The Morgan fingerprint density at radius 3 is 2.34 bits per heavy atom. The van der Waals surface area contributed by atoms with Gasteiger partial charge in [0.25, 0.3) is 0 Å². The van der Waals surface area contributed by atoms with Gasteiger partial charge in [0.05, 0.1) is 6.61 Å². The molecule has 8 heteroatoms. The van der Waals surface area contributed by atoms with Crippen LogP contribution in [0, 0.1) is 0 Å². The SMILES string of the molecule is CCCCCCCCN1C(=O)[C@H](Cc2ccc(-c3cccc(CN(CCOC)C(=O)NC)c3)cc2)N(C)C(=O)[C@@H]1C. The van der Waals surface area contributed by atoms with Crippen LogP contribution < -0.4 is 5.32 Å². The number of hydrogen-bond donors (Lipinski definition) is 1. The number of piperazine rings is 1. The van der Waals surface area contributed by atoms with Gasteiger partial charge in [-0.3, -0.25) is 9.59 Å². The van der Waals surface area contributed by atoms with Gasteiger partial charge >= 0.3 is 6.03 Å². The van der Waals surface area contributed by atoms with E-state index in [9.17, 15) is 14.4 Å². The van der Waals surface area contributed by atoms with Gasteiger partial charge < -0.3 is 24.8 Å². The number of urea groups is 1. The smallest absolute Gasteiger partial charge is 0.317 e. The monoisotopic (exact) mass is 564 g/mol. The summed E-state index contributed by atoms with van der Waals surface area (Å²) in [6.07, 6.45) is 7.38. The largest absolute Gasteiger partial charge is 0.383 e. The van der Waals surface area contributed by atoms with Crippen molar-refractivity contribution < 1.29 is 19.1 Å². The molecule has 1 heterocycles. The van der Waals surface area contributed by atoms with Gasteiger partial charge in [-0.15, -0.1) is 0 Å². The topological polar surface area (TPSA) is 82.2 Å². The lowest BCUT2D eigenvalue weighted by Gasteiger charge is -2.42. The quantitative estimate of drug-likeness (QED) is 0.305. The number of nitrogens with one attached hydrogen (secondary N) is 1. The molecule has 0 unspecified atom stereocenters. The number of ether oxygens (including phenoxy) is 1. The molecule has 0 aliphatic carbocycles. The van der Waals surface area contributed by atoms with E-state index in [1.807, 2.05) is 31.2 Å². The van der Waals surface area contributed by atoms with Gasteiger partial charge in [-0.1, -0.05) is 81.5 Å². The average Bonchev–Trinajstić information content (AvgIpc) is 2.99. The molecule has 8 nitrogen and oxygen atoms in total. The zero-order valence-corrected chi connectivity index (χ0v) is 25.5. The first-order valence-corrected chi connectivity index (χ1v) is 15.0. The Hall–Kier alpha value is -3.39. The first kappa shape index (κ1) is 32.1. The van der Waals surface area contributed by atoms with Gasteiger partial charge in [0.2, 0.25) is 11.8 Å². The van der Waals surface area contributed by atoms with Crippen LogP contribution in [-0.4, -0.2) is 85.5 Å². The van der Waals surface area contributed by atoms with Crippen molar-refractivity contribution in [2.75, 3.05) is 40.9 Å². The summed E-state index contributed by atoms with van der Waals surface area (Å²) < 4.78 is 5.16. The molecule has 1 aliphatic heterocycles. The van der Waals surface area contributed by atoms with E-state index >= 15 is 0 Å². The third-order valence-corrected chi connectivity index (χ3v) is 8.04. The van der Waals surface area contributed by atoms with E-state index in [4.69, 9.17) is 4.74 Å². The van der Waals surface area contributed by atoms with Gasteiger partial charge in [0.15, 0.2) is 0 Å². The van der Waals surface area contributed by atoms with Gasteiger partial charge in [-0.2, -0.15) is 0 Å². The van der Waals surface area contributed by atoms with Crippen LogP contribution in [0.3, 0.4) is 0 Å². The van der Waals surface area contributed by atoms with Crippen LogP contribution >= 0.6 is 0 Å². The molecule has 3 rings (SSSR count). The lowest BCUT2D eigenvalue weighted by atomic mass is 9.96. The van der Waals surface area contributed by atoms with Gasteiger partial charge in [0, 0.05) is 47.3 Å². The maximum atomic E-state index is 13.5. The summed E-state index contributed by atoms with van der Waals surface area (Å²) in [4.78, 5) is 44.0. The highest BCUT2D eigenvalue weighted by Gasteiger charge is 2.41. The predicted octanol–water partition coefficient (Wildman–Crippen LogP) is 5.10. The lowest BCUT2D eigenvalue weighted by molar-refractivity contribution is -0.159. The summed E-state index contributed by atoms with van der Waals surface area (Å²) in [6.45, 7) is 6.14. The van der Waals surface area contributed by atoms with Crippen LogP contribution in [0.2, 0.25) is 0 Å². The molecule has 0 aromatic heterocycles. The fraction of sp³-hybridized carbons (Fsp3) is 0.545. The molecule has 4 amide bonds. The summed E-state index contributed by atoms with van der Waals surface area (Å²) in [5.41, 5.74) is 4.15. The van der Waals surface area contributed by atoms with Crippen molar-refractivity contribution in [1.29, 1.82) is 0 Å². The number of amides is 4. The number of carbonyl (C=O) groups excluding carboxylic acids is 3. The van der Waals surface area contributed by atoms with Crippen molar-refractivity contribution in [2.24, 2.45) is 0 Å².